The molecular weight excluding hydrogens is 385 g/mol. The molecule has 1 amide bonds. The summed E-state index contributed by atoms with van der Waals surface area (Å²) >= 11 is 0. The van der Waals surface area contributed by atoms with Gasteiger partial charge in [-0.3, -0.25) is 9.48 Å². The molecule has 0 saturated heterocycles. The van der Waals surface area contributed by atoms with Crippen LogP contribution in [0.25, 0.3) is 16.8 Å². The molecule has 1 fully saturated rings. The molecule has 152 valence electrons. The average Bonchev–Trinajstić information content (AvgIpc) is 3.31. The van der Waals surface area contributed by atoms with E-state index in [9.17, 15) is 9.18 Å². The number of benzene rings is 1. The molecule has 30 heavy (non-hydrogen) atoms. The van der Waals surface area contributed by atoms with Gasteiger partial charge in [0.25, 0.3) is 5.91 Å². The van der Waals surface area contributed by atoms with Gasteiger partial charge in [-0.2, -0.15) is 10.1 Å². The summed E-state index contributed by atoms with van der Waals surface area (Å²) in [5, 5.41) is 11.6. The summed E-state index contributed by atoms with van der Waals surface area (Å²) < 4.78 is 16.4. The Kier molecular flexibility index (Phi) is 4.42. The Morgan fingerprint density at radius 1 is 1.20 bits per heavy atom. The largest absolute Gasteiger partial charge is 0.366 e. The number of aromatic nitrogens is 5. The highest BCUT2D eigenvalue weighted by Gasteiger charge is 2.23. The number of amides is 1. The van der Waals surface area contributed by atoms with Crippen LogP contribution in [0.2, 0.25) is 0 Å². The van der Waals surface area contributed by atoms with Gasteiger partial charge in [-0.1, -0.05) is 12.1 Å². The molecule has 0 aliphatic heterocycles. The maximum atomic E-state index is 13.1. The second-order valence-electron chi connectivity index (χ2n) is 7.53. The molecule has 0 spiro atoms. The molecule has 0 bridgehead atoms. The van der Waals surface area contributed by atoms with Crippen LogP contribution in [0.15, 0.2) is 48.9 Å². The van der Waals surface area contributed by atoms with Crippen LogP contribution in [0.4, 0.5) is 10.3 Å². The second kappa shape index (κ2) is 7.25. The van der Waals surface area contributed by atoms with Crippen LogP contribution in [0.1, 0.15) is 35.2 Å². The Hall–Kier alpha value is -3.75. The zero-order valence-electron chi connectivity index (χ0n) is 16.1. The van der Waals surface area contributed by atoms with Crippen molar-refractivity contribution in [3.05, 3.63) is 65.9 Å². The minimum Gasteiger partial charge on any atom is -0.366 e. The van der Waals surface area contributed by atoms with Crippen molar-refractivity contribution in [3.8, 4) is 11.1 Å². The predicted octanol–water partition coefficient (Wildman–Crippen LogP) is 2.64. The molecular formula is C21H20FN7O. The first kappa shape index (κ1) is 18.3. The molecule has 1 aliphatic rings. The van der Waals surface area contributed by atoms with Crippen molar-refractivity contribution in [1.29, 1.82) is 0 Å². The lowest BCUT2D eigenvalue weighted by molar-refractivity contribution is 0.0918. The molecule has 0 radical (unpaired) electrons. The van der Waals surface area contributed by atoms with Crippen LogP contribution in [0.5, 0.6) is 0 Å². The Morgan fingerprint density at radius 3 is 2.73 bits per heavy atom. The number of carbonyl (C=O) groups is 1. The number of hydrogen-bond donors (Lipinski definition) is 2. The van der Waals surface area contributed by atoms with E-state index in [-0.39, 0.29) is 23.7 Å². The fourth-order valence-electron chi connectivity index (χ4n) is 3.52. The number of hydrogen-bond acceptors (Lipinski definition) is 5. The Bertz CT molecular complexity index is 1220. The van der Waals surface area contributed by atoms with Crippen LogP contribution in [0, 0.1) is 5.82 Å². The Labute approximate surface area is 171 Å². The zero-order valence-corrected chi connectivity index (χ0v) is 16.1. The van der Waals surface area contributed by atoms with Crippen LogP contribution >= 0.6 is 0 Å². The van der Waals surface area contributed by atoms with E-state index in [1.54, 1.807) is 35.3 Å². The molecule has 1 aliphatic carbocycles. The summed E-state index contributed by atoms with van der Waals surface area (Å²) in [6, 6.07) is 8.30. The Morgan fingerprint density at radius 2 is 2.00 bits per heavy atom. The highest BCUT2D eigenvalue weighted by molar-refractivity contribution is 6.01. The number of fused-ring (bicyclic) bond motifs is 1. The normalized spacial score (nSPS) is 14.0. The van der Waals surface area contributed by atoms with Crippen molar-refractivity contribution in [2.45, 2.75) is 31.8 Å². The number of anilines is 1. The van der Waals surface area contributed by atoms with E-state index in [0.717, 1.165) is 36.0 Å². The van der Waals surface area contributed by atoms with Gasteiger partial charge in [-0.25, -0.2) is 8.91 Å². The molecule has 3 heterocycles. The van der Waals surface area contributed by atoms with Crippen molar-refractivity contribution in [2.24, 2.45) is 0 Å². The zero-order chi connectivity index (χ0) is 20.7. The van der Waals surface area contributed by atoms with Gasteiger partial charge in [0.05, 0.1) is 18.3 Å². The van der Waals surface area contributed by atoms with Crippen molar-refractivity contribution in [2.75, 3.05) is 5.73 Å². The van der Waals surface area contributed by atoms with Gasteiger partial charge in [0.15, 0.2) is 5.65 Å². The van der Waals surface area contributed by atoms with Gasteiger partial charge in [-0.05, 0) is 43.0 Å². The first-order chi connectivity index (χ1) is 14.5. The molecule has 0 unspecified atom stereocenters. The molecule has 0 atom stereocenters. The number of halogens is 1. The standard InChI is InChI=1S/C21H20FN7O/c22-16-6-4-13(5-7-16)10-28-11-15(9-24-28)14-8-18(20(30)25-17-2-1-3-17)19-26-21(23)27-29(19)12-14/h4-9,11-12,17H,1-3,10H2,(H2,23,27)(H,25,30). The predicted molar refractivity (Wildman–Crippen MR) is 109 cm³/mol. The van der Waals surface area contributed by atoms with Crippen LogP contribution < -0.4 is 11.1 Å². The first-order valence-corrected chi connectivity index (χ1v) is 9.79. The van der Waals surface area contributed by atoms with Gasteiger partial charge < -0.3 is 11.1 Å². The van der Waals surface area contributed by atoms with E-state index in [0.29, 0.717) is 17.8 Å². The lowest BCUT2D eigenvalue weighted by Crippen LogP contribution is -2.39. The van der Waals surface area contributed by atoms with Crippen molar-refractivity contribution in [1.82, 2.24) is 29.7 Å². The van der Waals surface area contributed by atoms with E-state index >= 15 is 0 Å². The fourth-order valence-corrected chi connectivity index (χ4v) is 3.52. The highest BCUT2D eigenvalue weighted by atomic mass is 19.1. The number of nitrogens with one attached hydrogen (secondary N) is 1. The van der Waals surface area contributed by atoms with Gasteiger partial charge in [0.2, 0.25) is 5.95 Å². The van der Waals surface area contributed by atoms with Crippen molar-refractivity contribution >= 4 is 17.5 Å². The molecule has 9 heteroatoms. The minimum absolute atomic E-state index is 0.108. The molecule has 3 aromatic heterocycles. The summed E-state index contributed by atoms with van der Waals surface area (Å²) in [7, 11) is 0. The fraction of sp³-hybridized carbons (Fsp3) is 0.238. The summed E-state index contributed by atoms with van der Waals surface area (Å²) in [6.45, 7) is 0.508. The van der Waals surface area contributed by atoms with E-state index < -0.39 is 0 Å². The van der Waals surface area contributed by atoms with Crippen LogP contribution in [-0.4, -0.2) is 36.3 Å². The summed E-state index contributed by atoms with van der Waals surface area (Å²) in [4.78, 5) is 17.0. The van der Waals surface area contributed by atoms with Gasteiger partial charge in [0, 0.05) is 29.6 Å². The van der Waals surface area contributed by atoms with Gasteiger partial charge >= 0.3 is 0 Å². The lowest BCUT2D eigenvalue weighted by Gasteiger charge is -2.26. The third-order valence-electron chi connectivity index (χ3n) is 5.36. The molecule has 1 saturated carbocycles. The monoisotopic (exact) mass is 405 g/mol. The van der Waals surface area contributed by atoms with E-state index in [2.05, 4.69) is 20.5 Å². The lowest BCUT2D eigenvalue weighted by atomic mass is 9.93. The number of nitrogens with two attached hydrogens (primary N) is 1. The number of carbonyl (C=O) groups excluding carboxylic acids is 1. The number of nitrogen functional groups attached to an aromatic ring is 1. The molecule has 3 N–H and O–H groups in total. The Balaban J connectivity index is 1.47. The minimum atomic E-state index is -0.270. The highest BCUT2D eigenvalue weighted by Crippen LogP contribution is 2.24. The summed E-state index contributed by atoms with van der Waals surface area (Å²) in [6.07, 6.45) is 8.49. The quantitative estimate of drug-likeness (QED) is 0.531. The third-order valence-corrected chi connectivity index (χ3v) is 5.36. The average molecular weight is 405 g/mol. The van der Waals surface area contributed by atoms with E-state index in [1.165, 1.54) is 16.6 Å². The van der Waals surface area contributed by atoms with Crippen LogP contribution in [0.3, 0.4) is 0 Å². The SMILES string of the molecule is Nc1nc2c(C(=O)NC3CCC3)cc(-c3cnn(Cc4ccc(F)cc4)c3)cn2n1. The van der Waals surface area contributed by atoms with E-state index in [4.69, 9.17) is 5.73 Å². The molecule has 8 nitrogen and oxygen atoms in total. The van der Waals surface area contributed by atoms with Gasteiger partial charge in [-0.15, -0.1) is 5.10 Å². The van der Waals surface area contributed by atoms with E-state index in [1.807, 2.05) is 6.20 Å². The number of rotatable bonds is 5. The summed E-state index contributed by atoms with van der Waals surface area (Å²) in [5.74, 6) is -0.345. The maximum Gasteiger partial charge on any atom is 0.255 e. The third kappa shape index (κ3) is 3.49. The number of nitrogens with zero attached hydrogens (tertiary/aromatic N) is 5. The first-order valence-electron chi connectivity index (χ1n) is 9.79. The molecule has 4 aromatic rings. The maximum absolute atomic E-state index is 13.1. The molecule has 5 rings (SSSR count). The van der Waals surface area contributed by atoms with Crippen molar-refractivity contribution in [3.63, 3.8) is 0 Å². The number of pyridine rings is 1. The summed E-state index contributed by atoms with van der Waals surface area (Å²) in [5.41, 5.74) is 9.15. The van der Waals surface area contributed by atoms with Crippen molar-refractivity contribution < 1.29 is 9.18 Å². The molecule has 1 aromatic carbocycles. The smallest absolute Gasteiger partial charge is 0.255 e. The van der Waals surface area contributed by atoms with Crippen LogP contribution in [-0.2, 0) is 6.54 Å². The topological polar surface area (TPSA) is 103 Å². The van der Waals surface area contributed by atoms with Gasteiger partial charge in [0.1, 0.15) is 5.82 Å². The second-order valence-corrected chi connectivity index (χ2v) is 7.53.